The smallest absolute Gasteiger partial charge is 0.244 e. The number of anilines is 1. The fourth-order valence-corrected chi connectivity index (χ4v) is 5.10. The zero-order chi connectivity index (χ0) is 25.8. The number of amides is 2. The zero-order valence-corrected chi connectivity index (χ0v) is 21.9. The minimum Gasteiger partial charge on any atom is -0.486 e. The van der Waals surface area contributed by atoms with Crippen molar-refractivity contribution in [3.05, 3.63) is 52.0 Å². The third-order valence-corrected chi connectivity index (χ3v) is 7.36. The molecule has 0 unspecified atom stereocenters. The number of sulfonamides is 1. The molecule has 0 bridgehead atoms. The maximum Gasteiger partial charge on any atom is 0.244 e. The molecular formula is C23H27Cl2N3O6S. The molecule has 1 aliphatic rings. The molecule has 2 aromatic carbocycles. The molecule has 2 aromatic rings. The maximum atomic E-state index is 13.6. The van der Waals surface area contributed by atoms with Crippen LogP contribution < -0.4 is 19.1 Å². The van der Waals surface area contributed by atoms with Crippen molar-refractivity contribution in [3.63, 3.8) is 0 Å². The molecule has 0 spiro atoms. The van der Waals surface area contributed by atoms with E-state index in [2.05, 4.69) is 5.32 Å². The molecule has 190 valence electrons. The third-order valence-electron chi connectivity index (χ3n) is 5.52. The van der Waals surface area contributed by atoms with Crippen LogP contribution >= 0.6 is 23.2 Å². The van der Waals surface area contributed by atoms with Crippen LogP contribution in [0, 0.1) is 0 Å². The van der Waals surface area contributed by atoms with E-state index in [0.717, 1.165) is 10.6 Å². The number of fused-ring (bicyclic) bond motifs is 1. The van der Waals surface area contributed by atoms with Crippen molar-refractivity contribution in [2.45, 2.75) is 25.9 Å². The van der Waals surface area contributed by atoms with E-state index < -0.39 is 34.4 Å². The molecule has 0 saturated carbocycles. The first-order valence-corrected chi connectivity index (χ1v) is 13.5. The average Bonchev–Trinajstić information content (AvgIpc) is 2.82. The second kappa shape index (κ2) is 11.4. The molecule has 35 heavy (non-hydrogen) atoms. The van der Waals surface area contributed by atoms with E-state index in [1.165, 1.54) is 24.1 Å². The van der Waals surface area contributed by atoms with Crippen molar-refractivity contribution < 1.29 is 27.5 Å². The molecule has 0 aliphatic carbocycles. The molecule has 1 N–H and O–H groups in total. The van der Waals surface area contributed by atoms with E-state index in [9.17, 15) is 18.0 Å². The van der Waals surface area contributed by atoms with Crippen LogP contribution in [0.1, 0.15) is 18.9 Å². The van der Waals surface area contributed by atoms with Gasteiger partial charge >= 0.3 is 0 Å². The van der Waals surface area contributed by atoms with Crippen molar-refractivity contribution in [3.8, 4) is 11.5 Å². The molecule has 2 amide bonds. The van der Waals surface area contributed by atoms with Gasteiger partial charge in [0.25, 0.3) is 0 Å². The molecule has 1 aliphatic heterocycles. The van der Waals surface area contributed by atoms with Gasteiger partial charge in [-0.3, -0.25) is 13.9 Å². The van der Waals surface area contributed by atoms with Gasteiger partial charge < -0.3 is 19.7 Å². The highest BCUT2D eigenvalue weighted by atomic mass is 35.5. The Morgan fingerprint density at radius 1 is 1.09 bits per heavy atom. The summed E-state index contributed by atoms with van der Waals surface area (Å²) < 4.78 is 37.5. The number of nitrogens with zero attached hydrogens (tertiary/aromatic N) is 2. The Hall–Kier alpha value is -2.69. The predicted octanol–water partition coefficient (Wildman–Crippen LogP) is 3.08. The number of carbonyl (C=O) groups is 2. The van der Waals surface area contributed by atoms with Crippen molar-refractivity contribution in [1.29, 1.82) is 0 Å². The van der Waals surface area contributed by atoms with Gasteiger partial charge in [0.05, 0.1) is 11.9 Å². The van der Waals surface area contributed by atoms with Crippen LogP contribution in [0.15, 0.2) is 36.4 Å². The molecule has 3 rings (SSSR count). The largest absolute Gasteiger partial charge is 0.486 e. The summed E-state index contributed by atoms with van der Waals surface area (Å²) in [5.41, 5.74) is 0.686. The van der Waals surface area contributed by atoms with Gasteiger partial charge in [-0.25, -0.2) is 8.42 Å². The van der Waals surface area contributed by atoms with Crippen LogP contribution in [0.25, 0.3) is 0 Å². The fourth-order valence-electron chi connectivity index (χ4n) is 3.74. The molecule has 0 radical (unpaired) electrons. The predicted molar refractivity (Wildman–Crippen MR) is 135 cm³/mol. The monoisotopic (exact) mass is 543 g/mol. The average molecular weight is 544 g/mol. The third kappa shape index (κ3) is 6.31. The van der Waals surface area contributed by atoms with Gasteiger partial charge in [0, 0.05) is 35.3 Å². The summed E-state index contributed by atoms with van der Waals surface area (Å²) in [5, 5.41) is 3.21. The van der Waals surface area contributed by atoms with Crippen molar-refractivity contribution in [2.75, 3.05) is 37.4 Å². The van der Waals surface area contributed by atoms with E-state index >= 15 is 0 Å². The highest BCUT2D eigenvalue weighted by molar-refractivity contribution is 7.92. The lowest BCUT2D eigenvalue weighted by Crippen LogP contribution is -2.51. The van der Waals surface area contributed by atoms with Gasteiger partial charge in [-0.05, 0) is 30.7 Å². The van der Waals surface area contributed by atoms with Crippen molar-refractivity contribution >= 4 is 50.7 Å². The summed E-state index contributed by atoms with van der Waals surface area (Å²) in [6.45, 7) is 1.84. The molecule has 9 nitrogen and oxygen atoms in total. The van der Waals surface area contributed by atoms with Gasteiger partial charge in [0.2, 0.25) is 21.8 Å². The fraction of sp³-hybridized carbons (Fsp3) is 0.391. The van der Waals surface area contributed by atoms with Crippen LogP contribution in [0.5, 0.6) is 11.5 Å². The lowest BCUT2D eigenvalue weighted by molar-refractivity contribution is -0.140. The lowest BCUT2D eigenvalue weighted by Gasteiger charge is -2.33. The summed E-state index contributed by atoms with van der Waals surface area (Å²) in [6.07, 6.45) is 1.29. The van der Waals surface area contributed by atoms with Crippen molar-refractivity contribution in [1.82, 2.24) is 10.2 Å². The van der Waals surface area contributed by atoms with Crippen LogP contribution in [-0.4, -0.2) is 64.2 Å². The Labute approximate surface area is 214 Å². The summed E-state index contributed by atoms with van der Waals surface area (Å²) in [4.78, 5) is 27.5. The number of ether oxygens (including phenoxy) is 2. The van der Waals surface area contributed by atoms with Crippen LogP contribution in [0.4, 0.5) is 5.69 Å². The van der Waals surface area contributed by atoms with Gasteiger partial charge in [0.15, 0.2) is 11.5 Å². The number of hydrogen-bond donors (Lipinski definition) is 1. The second-order valence-electron chi connectivity index (χ2n) is 7.86. The minimum atomic E-state index is -3.88. The summed E-state index contributed by atoms with van der Waals surface area (Å²) in [5.74, 6) is -0.127. The Morgan fingerprint density at radius 2 is 1.71 bits per heavy atom. The summed E-state index contributed by atoms with van der Waals surface area (Å²) in [7, 11) is -2.42. The number of nitrogens with one attached hydrogen (secondary N) is 1. The normalized spacial score (nSPS) is 13.6. The number of carbonyl (C=O) groups excluding carboxylic acids is 2. The molecule has 0 saturated heterocycles. The molecule has 12 heteroatoms. The number of rotatable bonds is 9. The highest BCUT2D eigenvalue weighted by Gasteiger charge is 2.32. The summed E-state index contributed by atoms with van der Waals surface area (Å²) >= 11 is 12.7. The Balaban J connectivity index is 1.99. The topological polar surface area (TPSA) is 105 Å². The Kier molecular flexibility index (Phi) is 8.74. The Bertz CT molecular complexity index is 1190. The molecule has 1 heterocycles. The van der Waals surface area contributed by atoms with E-state index in [1.54, 1.807) is 31.2 Å². The molecule has 0 fully saturated rings. The number of likely N-dealkylation sites (N-methyl/N-ethyl adjacent to an activating group) is 1. The first kappa shape index (κ1) is 26.9. The Morgan fingerprint density at radius 3 is 2.29 bits per heavy atom. The highest BCUT2D eigenvalue weighted by Crippen LogP contribution is 2.35. The number of benzene rings is 2. The summed E-state index contributed by atoms with van der Waals surface area (Å²) in [6, 6.07) is 8.69. The van der Waals surface area contributed by atoms with Gasteiger partial charge in [-0.1, -0.05) is 36.2 Å². The minimum absolute atomic E-state index is 0.0813. The van der Waals surface area contributed by atoms with Crippen LogP contribution in [0.2, 0.25) is 10.0 Å². The van der Waals surface area contributed by atoms with Gasteiger partial charge in [-0.15, -0.1) is 0 Å². The van der Waals surface area contributed by atoms with Gasteiger partial charge in [0.1, 0.15) is 25.8 Å². The van der Waals surface area contributed by atoms with E-state index in [1.807, 2.05) is 0 Å². The standard InChI is InChI=1S/C23H27Cl2N3O6S/c1-4-19(23(30)26-2)27(13-16-17(24)6-5-7-18(16)25)22(29)14-28(35(3,31)32)15-8-9-20-21(12-15)34-11-10-33-20/h5-9,12,19H,4,10-11,13-14H2,1-3H3,(H,26,30)/t19-/m0/s1. The maximum absolute atomic E-state index is 13.6. The van der Waals surface area contributed by atoms with E-state index in [0.29, 0.717) is 40.3 Å². The molecule has 1 atom stereocenters. The SMILES string of the molecule is CC[C@@H](C(=O)NC)N(Cc1c(Cl)cccc1Cl)C(=O)CN(c1ccc2c(c1)OCCO2)S(C)(=O)=O. The lowest BCUT2D eigenvalue weighted by atomic mass is 10.1. The van der Waals surface area contributed by atoms with Crippen LogP contribution in [-0.2, 0) is 26.2 Å². The number of hydrogen-bond acceptors (Lipinski definition) is 6. The van der Waals surface area contributed by atoms with E-state index in [-0.39, 0.29) is 18.7 Å². The first-order chi connectivity index (χ1) is 16.6. The van der Waals surface area contributed by atoms with E-state index in [4.69, 9.17) is 32.7 Å². The molecular weight excluding hydrogens is 517 g/mol. The second-order valence-corrected chi connectivity index (χ2v) is 10.6. The van der Waals surface area contributed by atoms with Crippen LogP contribution in [0.3, 0.4) is 0 Å². The first-order valence-electron chi connectivity index (χ1n) is 10.9. The molecule has 0 aromatic heterocycles. The van der Waals surface area contributed by atoms with Crippen molar-refractivity contribution in [2.24, 2.45) is 0 Å². The van der Waals surface area contributed by atoms with Gasteiger partial charge in [-0.2, -0.15) is 0 Å². The number of halogens is 2. The quantitative estimate of drug-likeness (QED) is 0.521. The zero-order valence-electron chi connectivity index (χ0n) is 19.6.